The van der Waals surface area contributed by atoms with E-state index in [9.17, 15) is 24.0 Å². The number of ether oxygens (including phenoxy) is 1. The highest BCUT2D eigenvalue weighted by Crippen LogP contribution is 2.24. The molecule has 1 N–H and O–H groups in total. The van der Waals surface area contributed by atoms with Gasteiger partial charge in [0.2, 0.25) is 0 Å². The molecular formula is C22H18N4O6. The second-order valence-electron chi connectivity index (χ2n) is 7.07. The Morgan fingerprint density at radius 1 is 1.00 bits per heavy atom. The molecule has 0 unspecified atom stereocenters. The van der Waals surface area contributed by atoms with Crippen LogP contribution in [-0.4, -0.2) is 52.0 Å². The Balaban J connectivity index is 1.48. The number of carbonyl (C=O) groups excluding carboxylic acids is 4. The molecule has 1 aromatic heterocycles. The van der Waals surface area contributed by atoms with Crippen molar-refractivity contribution in [3.05, 3.63) is 69.6 Å². The lowest BCUT2D eigenvalue weighted by Crippen LogP contribution is -2.27. The number of benzene rings is 2. The fraction of sp³-hybridized carbons (Fsp3) is 0.182. The van der Waals surface area contributed by atoms with Crippen molar-refractivity contribution in [3.8, 4) is 0 Å². The smallest absolute Gasteiger partial charge is 0.359 e. The molecule has 0 bridgehead atoms. The Morgan fingerprint density at radius 3 is 2.41 bits per heavy atom. The van der Waals surface area contributed by atoms with E-state index >= 15 is 0 Å². The minimum absolute atomic E-state index is 0.0699. The number of imide groups is 1. The van der Waals surface area contributed by atoms with Gasteiger partial charge in [0.05, 0.1) is 16.5 Å². The van der Waals surface area contributed by atoms with Crippen LogP contribution < -0.4 is 10.9 Å². The minimum Gasteiger partial charge on any atom is -0.451 e. The number of rotatable bonds is 5. The molecule has 0 saturated heterocycles. The summed E-state index contributed by atoms with van der Waals surface area (Å²) >= 11 is 0. The topological polar surface area (TPSA) is 128 Å². The van der Waals surface area contributed by atoms with Crippen molar-refractivity contribution in [2.45, 2.75) is 13.5 Å². The number of nitrogens with one attached hydrogen (secondary N) is 1. The van der Waals surface area contributed by atoms with Gasteiger partial charge >= 0.3 is 5.97 Å². The molecule has 162 valence electrons. The summed E-state index contributed by atoms with van der Waals surface area (Å²) in [6.07, 6.45) is 0. The maximum absolute atomic E-state index is 12.6. The van der Waals surface area contributed by atoms with Crippen molar-refractivity contribution >= 4 is 40.2 Å². The maximum atomic E-state index is 12.6. The highest BCUT2D eigenvalue weighted by molar-refractivity contribution is 6.21. The van der Waals surface area contributed by atoms with Gasteiger partial charge in [-0.1, -0.05) is 18.2 Å². The third-order valence-corrected chi connectivity index (χ3v) is 5.07. The molecule has 3 aromatic rings. The molecule has 4 rings (SSSR count). The summed E-state index contributed by atoms with van der Waals surface area (Å²) in [6, 6.07) is 10.8. The fourth-order valence-corrected chi connectivity index (χ4v) is 3.44. The lowest BCUT2D eigenvalue weighted by molar-refractivity contribution is -0.119. The third kappa shape index (κ3) is 3.51. The van der Waals surface area contributed by atoms with Crippen molar-refractivity contribution in [2.24, 2.45) is 0 Å². The summed E-state index contributed by atoms with van der Waals surface area (Å²) in [6.45, 7) is 1.38. The molecule has 0 atom stereocenters. The van der Waals surface area contributed by atoms with Gasteiger partial charge in [0.25, 0.3) is 23.3 Å². The number of nitrogens with zero attached hydrogens (tertiary/aromatic N) is 3. The standard InChI is InChI=1S/C22H18N4O6/c1-3-26-21(30)14-7-5-4-6-13(14)18(24-26)22(31)32-11-17(27)23-12-8-9-15-16(10-12)20(29)25(2)19(15)28/h4-10H,3,11H2,1-2H3,(H,23,27). The van der Waals surface area contributed by atoms with Crippen molar-refractivity contribution in [2.75, 3.05) is 19.0 Å². The molecule has 2 aromatic carbocycles. The largest absolute Gasteiger partial charge is 0.451 e. The first-order chi connectivity index (χ1) is 15.3. The molecular weight excluding hydrogens is 416 g/mol. The van der Waals surface area contributed by atoms with Crippen molar-refractivity contribution < 1.29 is 23.9 Å². The van der Waals surface area contributed by atoms with E-state index in [1.807, 2.05) is 0 Å². The van der Waals surface area contributed by atoms with Crippen LogP contribution in [0.3, 0.4) is 0 Å². The molecule has 32 heavy (non-hydrogen) atoms. The predicted octanol–water partition coefficient (Wildman–Crippen LogP) is 1.44. The molecule has 0 spiro atoms. The zero-order valence-electron chi connectivity index (χ0n) is 17.2. The van der Waals surface area contributed by atoms with Gasteiger partial charge < -0.3 is 10.1 Å². The number of amides is 3. The van der Waals surface area contributed by atoms with E-state index in [0.29, 0.717) is 10.8 Å². The van der Waals surface area contributed by atoms with Crippen LogP contribution in [0.4, 0.5) is 5.69 Å². The second kappa shape index (κ2) is 8.06. The van der Waals surface area contributed by atoms with Crippen LogP contribution in [-0.2, 0) is 16.1 Å². The van der Waals surface area contributed by atoms with E-state index in [2.05, 4.69) is 10.4 Å². The van der Waals surface area contributed by atoms with Crippen molar-refractivity contribution in [1.82, 2.24) is 14.7 Å². The quantitative estimate of drug-likeness (QED) is 0.475. The Kier molecular flexibility index (Phi) is 5.27. The molecule has 2 heterocycles. The Hall–Kier alpha value is -4.34. The SMILES string of the molecule is CCn1nc(C(=O)OCC(=O)Nc2ccc3c(c2)C(=O)N(C)C3=O)c2ccccc2c1=O. The van der Waals surface area contributed by atoms with E-state index in [1.165, 1.54) is 25.2 Å². The first-order valence-corrected chi connectivity index (χ1v) is 9.75. The number of hydrogen-bond acceptors (Lipinski definition) is 7. The van der Waals surface area contributed by atoms with Crippen molar-refractivity contribution in [3.63, 3.8) is 0 Å². The van der Waals surface area contributed by atoms with Crippen LogP contribution in [0.2, 0.25) is 0 Å². The maximum Gasteiger partial charge on any atom is 0.359 e. The number of hydrogen-bond donors (Lipinski definition) is 1. The Labute approximate surface area is 181 Å². The number of carbonyl (C=O) groups is 4. The number of anilines is 1. The molecule has 0 aliphatic carbocycles. The monoisotopic (exact) mass is 434 g/mol. The molecule has 1 aliphatic rings. The van der Waals surface area contributed by atoms with Gasteiger partial charge in [0.1, 0.15) is 0 Å². The fourth-order valence-electron chi connectivity index (χ4n) is 3.44. The molecule has 3 amide bonds. The zero-order chi connectivity index (χ0) is 23.0. The van der Waals surface area contributed by atoms with Gasteiger partial charge in [0, 0.05) is 24.7 Å². The summed E-state index contributed by atoms with van der Waals surface area (Å²) in [5.41, 5.74) is 0.326. The third-order valence-electron chi connectivity index (χ3n) is 5.07. The average molecular weight is 434 g/mol. The summed E-state index contributed by atoms with van der Waals surface area (Å²) in [4.78, 5) is 62.3. The second-order valence-corrected chi connectivity index (χ2v) is 7.07. The van der Waals surface area contributed by atoms with Crippen molar-refractivity contribution in [1.29, 1.82) is 0 Å². The van der Waals surface area contributed by atoms with Crippen LogP contribution in [0.1, 0.15) is 38.1 Å². The summed E-state index contributed by atoms with van der Waals surface area (Å²) < 4.78 is 6.25. The molecule has 10 heteroatoms. The Morgan fingerprint density at radius 2 is 1.69 bits per heavy atom. The molecule has 10 nitrogen and oxygen atoms in total. The highest BCUT2D eigenvalue weighted by atomic mass is 16.5. The highest BCUT2D eigenvalue weighted by Gasteiger charge is 2.32. The number of fused-ring (bicyclic) bond motifs is 2. The first-order valence-electron chi connectivity index (χ1n) is 9.75. The average Bonchev–Trinajstić information content (AvgIpc) is 3.01. The van der Waals surface area contributed by atoms with Crippen LogP contribution in [0.15, 0.2) is 47.3 Å². The van der Waals surface area contributed by atoms with Crippen LogP contribution in [0.5, 0.6) is 0 Å². The van der Waals surface area contributed by atoms with E-state index < -0.39 is 30.3 Å². The number of aryl methyl sites for hydroxylation is 1. The minimum atomic E-state index is -0.852. The van der Waals surface area contributed by atoms with Crippen LogP contribution in [0, 0.1) is 0 Å². The van der Waals surface area contributed by atoms with Gasteiger partial charge in [-0.3, -0.25) is 24.1 Å². The number of esters is 1. The lowest BCUT2D eigenvalue weighted by atomic mass is 10.1. The van der Waals surface area contributed by atoms with Gasteiger partial charge in [-0.2, -0.15) is 5.10 Å². The number of aromatic nitrogens is 2. The lowest BCUT2D eigenvalue weighted by Gasteiger charge is -2.10. The summed E-state index contributed by atoms with van der Waals surface area (Å²) in [7, 11) is 1.38. The van der Waals surface area contributed by atoms with E-state index in [1.54, 1.807) is 31.2 Å². The van der Waals surface area contributed by atoms with Gasteiger partial charge in [0.15, 0.2) is 12.3 Å². The summed E-state index contributed by atoms with van der Waals surface area (Å²) in [5, 5.41) is 7.24. The molecule has 0 fully saturated rings. The zero-order valence-corrected chi connectivity index (χ0v) is 17.2. The molecule has 0 radical (unpaired) electrons. The normalized spacial score (nSPS) is 12.8. The Bertz CT molecular complexity index is 1360. The van der Waals surface area contributed by atoms with E-state index in [4.69, 9.17) is 4.74 Å². The molecule has 0 saturated carbocycles. The van der Waals surface area contributed by atoms with E-state index in [-0.39, 0.29) is 34.6 Å². The summed E-state index contributed by atoms with van der Waals surface area (Å²) in [5.74, 6) is -2.37. The van der Waals surface area contributed by atoms with Gasteiger partial charge in [-0.25, -0.2) is 9.48 Å². The first kappa shape index (κ1) is 20.9. The van der Waals surface area contributed by atoms with Gasteiger partial charge in [-0.05, 0) is 31.2 Å². The molecule has 1 aliphatic heterocycles. The predicted molar refractivity (Wildman–Crippen MR) is 113 cm³/mol. The van der Waals surface area contributed by atoms with Crippen LogP contribution >= 0.6 is 0 Å². The van der Waals surface area contributed by atoms with Crippen LogP contribution in [0.25, 0.3) is 10.8 Å². The van der Waals surface area contributed by atoms with E-state index in [0.717, 1.165) is 9.58 Å². The van der Waals surface area contributed by atoms with Gasteiger partial charge in [-0.15, -0.1) is 0 Å².